The zero-order chi connectivity index (χ0) is 21.3. The van der Waals surface area contributed by atoms with Crippen molar-refractivity contribution < 1.29 is 18.7 Å². The average Bonchev–Trinajstić information content (AvgIpc) is 3.20. The maximum atomic E-state index is 13.8. The molecule has 0 bridgehead atoms. The standard InChI is InChI=1S/C18H12Cl5FN2O3/c19-10-2-1-3-13(24)14(10)16(27)26-17(28)25-9-4-11(20)15(12(21)5-9)29-7-8-6-18(8,22)23/h1-5,8H,6-7H2,(H2,25,26,27,28). The first-order valence-electron chi connectivity index (χ1n) is 8.14. The molecule has 0 aliphatic heterocycles. The zero-order valence-corrected chi connectivity index (χ0v) is 18.2. The van der Waals surface area contributed by atoms with Crippen molar-refractivity contribution in [1.29, 1.82) is 0 Å². The lowest BCUT2D eigenvalue weighted by Gasteiger charge is -2.13. The van der Waals surface area contributed by atoms with E-state index in [1.807, 2.05) is 5.32 Å². The minimum atomic E-state index is -1.00. The van der Waals surface area contributed by atoms with E-state index in [4.69, 9.17) is 62.7 Å². The molecule has 1 unspecified atom stereocenters. The van der Waals surface area contributed by atoms with Gasteiger partial charge in [0.15, 0.2) is 5.75 Å². The molecule has 1 fully saturated rings. The van der Waals surface area contributed by atoms with Crippen LogP contribution in [0.1, 0.15) is 16.8 Å². The fourth-order valence-electron chi connectivity index (χ4n) is 2.45. The van der Waals surface area contributed by atoms with E-state index in [0.717, 1.165) is 6.07 Å². The van der Waals surface area contributed by atoms with Crippen molar-refractivity contribution in [3.05, 3.63) is 56.8 Å². The number of nitrogens with one attached hydrogen (secondary N) is 2. The molecule has 2 N–H and O–H groups in total. The largest absolute Gasteiger partial charge is 0.490 e. The highest BCUT2D eigenvalue weighted by atomic mass is 35.5. The Kier molecular flexibility index (Phi) is 6.70. The number of hydrogen-bond acceptors (Lipinski definition) is 3. The molecule has 1 atom stereocenters. The van der Waals surface area contributed by atoms with Crippen LogP contribution in [0, 0.1) is 11.7 Å². The molecular formula is C18H12Cl5FN2O3. The lowest BCUT2D eigenvalue weighted by Crippen LogP contribution is -2.35. The van der Waals surface area contributed by atoms with Crippen LogP contribution >= 0.6 is 58.0 Å². The predicted octanol–water partition coefficient (Wildman–Crippen LogP) is 6.32. The molecule has 11 heteroatoms. The van der Waals surface area contributed by atoms with Gasteiger partial charge in [0.05, 0.1) is 27.2 Å². The third-order valence-electron chi connectivity index (χ3n) is 4.06. The second kappa shape index (κ2) is 8.74. The SMILES string of the molecule is O=C(NC(=O)c1c(F)cccc1Cl)Nc1cc(Cl)c(OCC2CC2(Cl)Cl)c(Cl)c1. The van der Waals surface area contributed by atoms with Crippen LogP contribution in [0.5, 0.6) is 5.75 Å². The molecule has 0 saturated heterocycles. The summed E-state index contributed by atoms with van der Waals surface area (Å²) in [5.41, 5.74) is -0.258. The van der Waals surface area contributed by atoms with Crippen LogP contribution in [0.25, 0.3) is 0 Å². The second-order valence-electron chi connectivity index (χ2n) is 6.25. The Morgan fingerprint density at radius 1 is 1.14 bits per heavy atom. The van der Waals surface area contributed by atoms with Gasteiger partial charge in [0.25, 0.3) is 5.91 Å². The molecule has 5 nitrogen and oxygen atoms in total. The molecule has 1 aliphatic carbocycles. The van der Waals surface area contributed by atoms with Gasteiger partial charge in [0, 0.05) is 11.6 Å². The quantitative estimate of drug-likeness (QED) is 0.472. The molecule has 154 valence electrons. The van der Waals surface area contributed by atoms with Crippen molar-refractivity contribution >= 4 is 75.6 Å². The van der Waals surface area contributed by atoms with Crippen LogP contribution in [0.4, 0.5) is 14.9 Å². The first-order valence-corrected chi connectivity index (χ1v) is 10.0. The number of ether oxygens (including phenoxy) is 1. The van der Waals surface area contributed by atoms with Gasteiger partial charge in [-0.1, -0.05) is 40.9 Å². The highest BCUT2D eigenvalue weighted by Gasteiger charge is 2.52. The molecule has 0 spiro atoms. The number of carbonyl (C=O) groups excluding carboxylic acids is 2. The number of hydrogen-bond donors (Lipinski definition) is 2. The van der Waals surface area contributed by atoms with Crippen LogP contribution < -0.4 is 15.4 Å². The Morgan fingerprint density at radius 2 is 1.76 bits per heavy atom. The van der Waals surface area contributed by atoms with Crippen molar-refractivity contribution in [2.24, 2.45) is 5.92 Å². The molecular weight excluding hydrogens is 488 g/mol. The maximum Gasteiger partial charge on any atom is 0.326 e. The van der Waals surface area contributed by atoms with Crippen molar-refractivity contribution in [3.63, 3.8) is 0 Å². The number of benzene rings is 2. The summed E-state index contributed by atoms with van der Waals surface area (Å²) in [5, 5.41) is 4.49. The van der Waals surface area contributed by atoms with Gasteiger partial charge >= 0.3 is 6.03 Å². The molecule has 2 aromatic rings. The van der Waals surface area contributed by atoms with E-state index in [1.54, 1.807) is 0 Å². The molecule has 3 amide bonds. The Labute approximate surface area is 190 Å². The fourth-order valence-corrected chi connectivity index (χ4v) is 3.79. The monoisotopic (exact) mass is 498 g/mol. The number of amides is 3. The minimum absolute atomic E-state index is 0.0298. The van der Waals surface area contributed by atoms with E-state index < -0.39 is 27.7 Å². The topological polar surface area (TPSA) is 67.4 Å². The van der Waals surface area contributed by atoms with Gasteiger partial charge in [-0.15, -0.1) is 23.2 Å². The number of alkyl halides is 2. The Balaban J connectivity index is 1.64. The van der Waals surface area contributed by atoms with Gasteiger partial charge in [-0.3, -0.25) is 10.1 Å². The van der Waals surface area contributed by atoms with Crippen LogP contribution in [0.2, 0.25) is 15.1 Å². The Bertz CT molecular complexity index is 943. The van der Waals surface area contributed by atoms with E-state index in [2.05, 4.69) is 5.32 Å². The molecule has 1 aliphatic rings. The minimum Gasteiger partial charge on any atom is -0.490 e. The third kappa shape index (κ3) is 5.38. The normalized spacial score (nSPS) is 16.8. The molecule has 3 rings (SSSR count). The van der Waals surface area contributed by atoms with E-state index in [0.29, 0.717) is 6.42 Å². The van der Waals surface area contributed by atoms with Crippen LogP contribution in [-0.2, 0) is 0 Å². The van der Waals surface area contributed by atoms with Crippen LogP contribution in [0.3, 0.4) is 0 Å². The van der Waals surface area contributed by atoms with E-state index in [-0.39, 0.29) is 39.0 Å². The summed E-state index contributed by atoms with van der Waals surface area (Å²) in [6.07, 6.45) is 0.602. The molecule has 0 heterocycles. The number of urea groups is 1. The van der Waals surface area contributed by atoms with Crippen LogP contribution in [-0.4, -0.2) is 22.9 Å². The van der Waals surface area contributed by atoms with Crippen LogP contribution in [0.15, 0.2) is 30.3 Å². The lowest BCUT2D eigenvalue weighted by atomic mass is 10.2. The summed E-state index contributed by atoms with van der Waals surface area (Å²) < 4.78 is 18.5. The summed E-state index contributed by atoms with van der Waals surface area (Å²) in [6, 6.07) is 5.55. The number of imide groups is 1. The zero-order valence-electron chi connectivity index (χ0n) is 14.4. The van der Waals surface area contributed by atoms with Gasteiger partial charge in [-0.05, 0) is 30.7 Å². The Morgan fingerprint density at radius 3 is 2.31 bits per heavy atom. The van der Waals surface area contributed by atoms with Gasteiger partial charge in [-0.2, -0.15) is 0 Å². The van der Waals surface area contributed by atoms with E-state index in [1.165, 1.54) is 24.3 Å². The van der Waals surface area contributed by atoms with Gasteiger partial charge in [0.1, 0.15) is 10.2 Å². The van der Waals surface area contributed by atoms with Crippen molar-refractivity contribution in [1.82, 2.24) is 5.32 Å². The first kappa shape index (κ1) is 22.2. The Hall–Kier alpha value is -1.44. The predicted molar refractivity (Wildman–Crippen MR) is 112 cm³/mol. The van der Waals surface area contributed by atoms with E-state index in [9.17, 15) is 14.0 Å². The summed E-state index contributed by atoms with van der Waals surface area (Å²) in [5.74, 6) is -1.68. The molecule has 2 aromatic carbocycles. The van der Waals surface area contributed by atoms with Crippen molar-refractivity contribution in [2.75, 3.05) is 11.9 Å². The number of halogens is 6. The smallest absolute Gasteiger partial charge is 0.326 e. The number of anilines is 1. The molecule has 0 radical (unpaired) electrons. The van der Waals surface area contributed by atoms with Gasteiger partial charge in [-0.25, -0.2) is 9.18 Å². The number of rotatable bonds is 5. The molecule has 0 aromatic heterocycles. The summed E-state index contributed by atoms with van der Waals surface area (Å²) >= 11 is 30.0. The maximum absolute atomic E-state index is 13.8. The fraction of sp³-hybridized carbons (Fsp3) is 0.222. The molecule has 1 saturated carbocycles. The highest BCUT2D eigenvalue weighted by Crippen LogP contribution is 2.53. The molecule has 29 heavy (non-hydrogen) atoms. The summed E-state index contributed by atoms with van der Waals surface area (Å²) in [4.78, 5) is 24.2. The van der Waals surface area contributed by atoms with Gasteiger partial charge < -0.3 is 10.1 Å². The average molecular weight is 501 g/mol. The summed E-state index contributed by atoms with van der Waals surface area (Å²) in [6.45, 7) is 0.234. The second-order valence-corrected chi connectivity index (χ2v) is 9.01. The summed E-state index contributed by atoms with van der Waals surface area (Å²) in [7, 11) is 0. The van der Waals surface area contributed by atoms with Gasteiger partial charge in [0.2, 0.25) is 0 Å². The number of carbonyl (C=O) groups is 2. The highest BCUT2D eigenvalue weighted by molar-refractivity contribution is 6.50. The third-order valence-corrected chi connectivity index (χ3v) is 5.86. The van der Waals surface area contributed by atoms with E-state index >= 15 is 0 Å². The van der Waals surface area contributed by atoms with Crippen molar-refractivity contribution in [2.45, 2.75) is 10.8 Å². The lowest BCUT2D eigenvalue weighted by molar-refractivity contribution is 0.0963. The first-order chi connectivity index (χ1) is 13.6. The van der Waals surface area contributed by atoms with Crippen molar-refractivity contribution in [3.8, 4) is 5.75 Å².